The van der Waals surface area contributed by atoms with Gasteiger partial charge in [-0.25, -0.2) is 4.98 Å². The molecule has 4 aromatic rings. The molecule has 0 atom stereocenters. The lowest BCUT2D eigenvalue weighted by atomic mass is 10.0. The van der Waals surface area contributed by atoms with Gasteiger partial charge in [0.25, 0.3) is 0 Å². The highest BCUT2D eigenvalue weighted by Crippen LogP contribution is 2.28. The average Bonchev–Trinajstić information content (AvgIpc) is 3.26. The molecule has 0 radical (unpaired) electrons. The molecule has 1 amide bonds. The van der Waals surface area contributed by atoms with Gasteiger partial charge in [-0.1, -0.05) is 72.8 Å². The second-order valence-electron chi connectivity index (χ2n) is 6.79. The molecule has 1 aromatic heterocycles. The smallest absolute Gasteiger partial charge is 0.226 e. The summed E-state index contributed by atoms with van der Waals surface area (Å²) in [5.41, 5.74) is 4.30. The quantitative estimate of drug-likeness (QED) is 0.242. The normalized spacial score (nSPS) is 10.7. The molecule has 30 heavy (non-hydrogen) atoms. The number of nitrogens with zero attached hydrogens (tertiary/aromatic N) is 1. The van der Waals surface area contributed by atoms with Gasteiger partial charge in [0, 0.05) is 22.3 Å². The van der Waals surface area contributed by atoms with Crippen LogP contribution in [0.1, 0.15) is 12.8 Å². The highest BCUT2D eigenvalue weighted by Gasteiger charge is 2.08. The Balaban J connectivity index is 1.28. The van der Waals surface area contributed by atoms with Crippen LogP contribution in [0.15, 0.2) is 95.2 Å². The van der Waals surface area contributed by atoms with Gasteiger partial charge in [-0.2, -0.15) is 0 Å². The maximum absolute atomic E-state index is 12.2. The van der Waals surface area contributed by atoms with Gasteiger partial charge < -0.3 is 5.32 Å². The first-order valence-electron chi connectivity index (χ1n) is 9.87. The largest absolute Gasteiger partial charge is 0.302 e. The van der Waals surface area contributed by atoms with Gasteiger partial charge in [0.15, 0.2) is 5.13 Å². The van der Waals surface area contributed by atoms with Crippen LogP contribution in [0.5, 0.6) is 0 Å². The van der Waals surface area contributed by atoms with Crippen LogP contribution in [0.3, 0.4) is 0 Å². The summed E-state index contributed by atoms with van der Waals surface area (Å²) in [7, 11) is 0. The van der Waals surface area contributed by atoms with E-state index >= 15 is 0 Å². The van der Waals surface area contributed by atoms with E-state index < -0.39 is 0 Å². The van der Waals surface area contributed by atoms with Crippen molar-refractivity contribution >= 4 is 34.1 Å². The maximum Gasteiger partial charge on any atom is 0.226 e. The van der Waals surface area contributed by atoms with E-state index in [4.69, 9.17) is 0 Å². The van der Waals surface area contributed by atoms with Crippen LogP contribution >= 0.6 is 23.1 Å². The van der Waals surface area contributed by atoms with Crippen LogP contribution in [-0.2, 0) is 4.79 Å². The molecule has 0 unspecified atom stereocenters. The van der Waals surface area contributed by atoms with Gasteiger partial charge in [0.1, 0.15) is 0 Å². The first-order valence-corrected chi connectivity index (χ1v) is 11.7. The predicted octanol–water partition coefficient (Wildman–Crippen LogP) is 6.99. The molecule has 3 nitrogen and oxygen atoms in total. The molecular weight excluding hydrogens is 408 g/mol. The highest BCUT2D eigenvalue weighted by molar-refractivity contribution is 7.99. The summed E-state index contributed by atoms with van der Waals surface area (Å²) in [6.07, 6.45) is 1.34. The summed E-state index contributed by atoms with van der Waals surface area (Å²) in [6, 6.07) is 28.9. The Labute approximate surface area is 185 Å². The number of amides is 1. The second-order valence-corrected chi connectivity index (χ2v) is 8.82. The fraction of sp³-hybridized carbons (Fsp3) is 0.120. The number of rotatable bonds is 8. The van der Waals surface area contributed by atoms with Crippen molar-refractivity contribution in [2.45, 2.75) is 17.7 Å². The van der Waals surface area contributed by atoms with E-state index in [1.54, 1.807) is 11.8 Å². The second kappa shape index (κ2) is 10.2. The minimum Gasteiger partial charge on any atom is -0.302 e. The number of thioether (sulfide) groups is 1. The van der Waals surface area contributed by atoms with Crippen molar-refractivity contribution in [1.82, 2.24) is 4.98 Å². The van der Waals surface area contributed by atoms with E-state index in [1.165, 1.54) is 27.4 Å². The summed E-state index contributed by atoms with van der Waals surface area (Å²) in [6.45, 7) is 0. The van der Waals surface area contributed by atoms with Crippen LogP contribution in [0.2, 0.25) is 0 Å². The van der Waals surface area contributed by atoms with Crippen molar-refractivity contribution < 1.29 is 4.79 Å². The van der Waals surface area contributed by atoms with Gasteiger partial charge in [-0.15, -0.1) is 23.1 Å². The summed E-state index contributed by atoms with van der Waals surface area (Å²) in [4.78, 5) is 18.0. The molecule has 1 N–H and O–H groups in total. The van der Waals surface area contributed by atoms with Crippen LogP contribution < -0.4 is 5.32 Å². The molecule has 0 aliphatic rings. The molecule has 0 aliphatic carbocycles. The van der Waals surface area contributed by atoms with Gasteiger partial charge >= 0.3 is 0 Å². The molecule has 4 rings (SSSR count). The molecule has 0 saturated heterocycles. The van der Waals surface area contributed by atoms with Gasteiger partial charge in [0.05, 0.1) is 5.69 Å². The summed E-state index contributed by atoms with van der Waals surface area (Å²) < 4.78 is 0. The molecule has 0 bridgehead atoms. The van der Waals surface area contributed by atoms with E-state index in [0.29, 0.717) is 11.6 Å². The number of anilines is 1. The maximum atomic E-state index is 12.2. The topological polar surface area (TPSA) is 42.0 Å². The highest BCUT2D eigenvalue weighted by atomic mass is 32.2. The molecule has 0 fully saturated rings. The Morgan fingerprint density at radius 3 is 2.20 bits per heavy atom. The molecule has 0 spiro atoms. The van der Waals surface area contributed by atoms with Gasteiger partial charge in [0.2, 0.25) is 5.91 Å². The lowest BCUT2D eigenvalue weighted by Gasteiger charge is -2.03. The molecule has 0 aliphatic heterocycles. The third kappa shape index (κ3) is 5.59. The van der Waals surface area contributed by atoms with Crippen LogP contribution in [0, 0.1) is 0 Å². The number of carbonyl (C=O) groups is 1. The van der Waals surface area contributed by atoms with Crippen LogP contribution in [0.4, 0.5) is 5.13 Å². The number of aromatic nitrogens is 1. The van der Waals surface area contributed by atoms with E-state index in [2.05, 4.69) is 58.8 Å². The number of hydrogen-bond donors (Lipinski definition) is 1. The fourth-order valence-corrected chi connectivity index (χ4v) is 4.66. The van der Waals surface area contributed by atoms with E-state index in [9.17, 15) is 4.79 Å². The number of hydrogen-bond acceptors (Lipinski definition) is 4. The molecule has 5 heteroatoms. The summed E-state index contributed by atoms with van der Waals surface area (Å²) >= 11 is 3.24. The lowest BCUT2D eigenvalue weighted by molar-refractivity contribution is -0.116. The Morgan fingerprint density at radius 2 is 1.47 bits per heavy atom. The Kier molecular flexibility index (Phi) is 6.95. The summed E-state index contributed by atoms with van der Waals surface area (Å²) in [5.74, 6) is 0.942. The zero-order valence-electron chi connectivity index (χ0n) is 16.5. The average molecular weight is 431 g/mol. The van der Waals surface area contributed by atoms with Crippen molar-refractivity contribution in [1.29, 1.82) is 0 Å². The molecule has 0 saturated carbocycles. The molecular formula is C25H22N2OS2. The Morgan fingerprint density at radius 1 is 0.833 bits per heavy atom. The number of nitrogens with one attached hydrogen (secondary N) is 1. The number of carbonyl (C=O) groups excluding carboxylic acids is 1. The van der Waals surface area contributed by atoms with E-state index in [1.807, 2.05) is 41.8 Å². The van der Waals surface area contributed by atoms with Gasteiger partial charge in [-0.05, 0) is 35.4 Å². The number of thiazole rings is 1. The standard InChI is InChI=1S/C25H22N2OS2/c28-24(12-7-17-29-22-10-5-2-6-11-22)27-25-26-23(18-30-25)21-15-13-20(14-16-21)19-8-3-1-4-9-19/h1-6,8-11,13-16,18H,7,12,17H2,(H,26,27,28). The zero-order chi connectivity index (χ0) is 20.6. The molecule has 3 aromatic carbocycles. The van der Waals surface area contributed by atoms with Crippen molar-refractivity contribution in [2.75, 3.05) is 11.1 Å². The first kappa shape index (κ1) is 20.4. The zero-order valence-corrected chi connectivity index (χ0v) is 18.1. The fourth-order valence-electron chi connectivity index (χ4n) is 3.05. The minimum absolute atomic E-state index is 0.0176. The van der Waals surface area contributed by atoms with Gasteiger partial charge in [-0.3, -0.25) is 4.79 Å². The number of benzene rings is 3. The first-order chi connectivity index (χ1) is 14.8. The van der Waals surface area contributed by atoms with Crippen molar-refractivity contribution in [3.05, 3.63) is 90.3 Å². The minimum atomic E-state index is 0.0176. The monoisotopic (exact) mass is 430 g/mol. The van der Waals surface area contributed by atoms with Crippen LogP contribution in [0.25, 0.3) is 22.4 Å². The predicted molar refractivity (Wildman–Crippen MR) is 128 cm³/mol. The van der Waals surface area contributed by atoms with Crippen LogP contribution in [-0.4, -0.2) is 16.6 Å². The van der Waals surface area contributed by atoms with Crippen molar-refractivity contribution in [2.24, 2.45) is 0 Å². The SMILES string of the molecule is O=C(CCCSc1ccccc1)Nc1nc(-c2ccc(-c3ccccc3)cc2)cs1. The summed E-state index contributed by atoms with van der Waals surface area (Å²) in [5, 5.41) is 5.56. The van der Waals surface area contributed by atoms with Crippen molar-refractivity contribution in [3.8, 4) is 22.4 Å². The van der Waals surface area contributed by atoms with E-state index in [-0.39, 0.29) is 5.91 Å². The lowest BCUT2D eigenvalue weighted by Crippen LogP contribution is -2.11. The van der Waals surface area contributed by atoms with E-state index in [0.717, 1.165) is 23.4 Å². The molecule has 1 heterocycles. The Hall–Kier alpha value is -2.89. The third-order valence-electron chi connectivity index (χ3n) is 4.60. The Bertz CT molecular complexity index is 1080. The molecule has 150 valence electrons. The third-order valence-corrected chi connectivity index (χ3v) is 6.45. The van der Waals surface area contributed by atoms with Crippen molar-refractivity contribution in [3.63, 3.8) is 0 Å².